The molecular weight excluding hydrogens is 264 g/mol. The quantitative estimate of drug-likeness (QED) is 0.934. The zero-order chi connectivity index (χ0) is 14.8. The Labute approximate surface area is 125 Å². The number of hydrogen-bond donors (Lipinski definition) is 1. The first-order chi connectivity index (χ1) is 10.1. The highest BCUT2D eigenvalue weighted by molar-refractivity contribution is 5.43. The zero-order valence-corrected chi connectivity index (χ0v) is 12.4. The van der Waals surface area contributed by atoms with Crippen molar-refractivity contribution in [2.45, 2.75) is 32.5 Å². The van der Waals surface area contributed by atoms with E-state index in [1.807, 2.05) is 56.3 Å². The van der Waals surface area contributed by atoms with E-state index in [0.29, 0.717) is 0 Å². The maximum atomic E-state index is 10.5. The van der Waals surface area contributed by atoms with Crippen molar-refractivity contribution in [1.82, 2.24) is 0 Å². The maximum absolute atomic E-state index is 10.5. The smallest absolute Gasteiger partial charge is 0.122 e. The van der Waals surface area contributed by atoms with Crippen molar-refractivity contribution in [2.75, 3.05) is 6.61 Å². The molecule has 0 aromatic heterocycles. The minimum absolute atomic E-state index is 0.150. The summed E-state index contributed by atoms with van der Waals surface area (Å²) in [4.78, 5) is 0. The average Bonchev–Trinajstić information content (AvgIpc) is 2.94. The molecule has 0 fully saturated rings. The first-order valence-electron chi connectivity index (χ1n) is 7.34. The van der Waals surface area contributed by atoms with E-state index in [1.165, 1.54) is 5.56 Å². The molecule has 0 saturated heterocycles. The van der Waals surface area contributed by atoms with Crippen molar-refractivity contribution < 1.29 is 14.6 Å². The molecule has 3 nitrogen and oxygen atoms in total. The lowest BCUT2D eigenvalue weighted by Crippen LogP contribution is -2.06. The first-order valence-corrected chi connectivity index (χ1v) is 7.34. The van der Waals surface area contributed by atoms with Crippen LogP contribution in [-0.4, -0.2) is 17.8 Å². The molecule has 1 aliphatic heterocycles. The molecule has 2 aromatic carbocycles. The van der Waals surface area contributed by atoms with E-state index >= 15 is 0 Å². The molecule has 0 radical (unpaired) electrons. The Balaban J connectivity index is 1.79. The third kappa shape index (κ3) is 3.03. The predicted octanol–water partition coefficient (Wildman–Crippen LogP) is 3.49. The van der Waals surface area contributed by atoms with Gasteiger partial charge in [0, 0.05) is 6.42 Å². The van der Waals surface area contributed by atoms with Crippen molar-refractivity contribution >= 4 is 0 Å². The number of benzene rings is 2. The van der Waals surface area contributed by atoms with E-state index in [1.54, 1.807) is 0 Å². The third-order valence-electron chi connectivity index (χ3n) is 3.60. The van der Waals surface area contributed by atoms with Crippen molar-refractivity contribution in [2.24, 2.45) is 0 Å². The second-order valence-corrected chi connectivity index (χ2v) is 5.60. The van der Waals surface area contributed by atoms with Gasteiger partial charge in [0.15, 0.2) is 0 Å². The van der Waals surface area contributed by atoms with E-state index < -0.39 is 6.10 Å². The SMILES string of the molecule is CC(C)Oc1ccc(C(O)c2ccc3c(c2)CCO3)cc1. The largest absolute Gasteiger partial charge is 0.493 e. The van der Waals surface area contributed by atoms with E-state index in [9.17, 15) is 5.11 Å². The standard InChI is InChI=1S/C18H20O3/c1-12(2)21-16-6-3-13(4-7-16)18(19)15-5-8-17-14(11-15)9-10-20-17/h3-8,11-12,18-19H,9-10H2,1-2H3. The Hall–Kier alpha value is -2.00. The van der Waals surface area contributed by atoms with Gasteiger partial charge in [0.25, 0.3) is 0 Å². The molecule has 0 saturated carbocycles. The molecule has 1 atom stereocenters. The predicted molar refractivity (Wildman–Crippen MR) is 81.9 cm³/mol. The normalized spacial score (nSPS) is 14.7. The number of aliphatic hydroxyl groups is 1. The molecule has 21 heavy (non-hydrogen) atoms. The van der Waals surface area contributed by atoms with E-state index in [4.69, 9.17) is 9.47 Å². The molecule has 0 spiro atoms. The number of hydrogen-bond acceptors (Lipinski definition) is 3. The van der Waals surface area contributed by atoms with Crippen molar-refractivity contribution in [1.29, 1.82) is 0 Å². The molecule has 0 amide bonds. The number of fused-ring (bicyclic) bond motifs is 1. The highest BCUT2D eigenvalue weighted by atomic mass is 16.5. The van der Waals surface area contributed by atoms with E-state index in [2.05, 4.69) is 0 Å². The first kappa shape index (κ1) is 14.0. The summed E-state index contributed by atoms with van der Waals surface area (Å²) < 4.78 is 11.1. The fraction of sp³-hybridized carbons (Fsp3) is 0.333. The van der Waals surface area contributed by atoms with Crippen molar-refractivity contribution in [3.63, 3.8) is 0 Å². The van der Waals surface area contributed by atoms with Gasteiger partial charge in [-0.3, -0.25) is 0 Å². The van der Waals surface area contributed by atoms with E-state index in [-0.39, 0.29) is 6.10 Å². The highest BCUT2D eigenvalue weighted by Crippen LogP contribution is 2.31. The summed E-state index contributed by atoms with van der Waals surface area (Å²) in [6.07, 6.45) is 0.443. The summed E-state index contributed by atoms with van der Waals surface area (Å²) in [5.41, 5.74) is 2.94. The lowest BCUT2D eigenvalue weighted by molar-refractivity contribution is 0.219. The molecule has 1 aliphatic rings. The lowest BCUT2D eigenvalue weighted by atomic mass is 9.99. The molecule has 3 heteroatoms. The van der Waals surface area contributed by atoms with Crippen LogP contribution in [0.4, 0.5) is 0 Å². The lowest BCUT2D eigenvalue weighted by Gasteiger charge is -2.14. The van der Waals surface area contributed by atoms with Gasteiger partial charge in [0.05, 0.1) is 12.7 Å². The monoisotopic (exact) mass is 284 g/mol. The molecule has 3 rings (SSSR count). The Morgan fingerprint density at radius 3 is 2.48 bits per heavy atom. The summed E-state index contributed by atoms with van der Waals surface area (Å²) in [6.45, 7) is 4.72. The summed E-state index contributed by atoms with van der Waals surface area (Å²) in [5, 5.41) is 10.5. The topological polar surface area (TPSA) is 38.7 Å². The number of aliphatic hydroxyl groups excluding tert-OH is 1. The molecular formula is C18H20O3. The van der Waals surface area contributed by atoms with Gasteiger partial charge in [0.2, 0.25) is 0 Å². The van der Waals surface area contributed by atoms with Crippen molar-refractivity contribution in [3.8, 4) is 11.5 Å². The van der Waals surface area contributed by atoms with Crippen LogP contribution in [0, 0.1) is 0 Å². The second-order valence-electron chi connectivity index (χ2n) is 5.60. The van der Waals surface area contributed by atoms with Crippen LogP contribution in [0.1, 0.15) is 36.6 Å². The molecule has 1 N–H and O–H groups in total. The number of rotatable bonds is 4. The molecule has 1 unspecified atom stereocenters. The molecule has 1 heterocycles. The summed E-state index contributed by atoms with van der Waals surface area (Å²) in [6, 6.07) is 13.5. The second kappa shape index (κ2) is 5.78. The Morgan fingerprint density at radius 2 is 1.76 bits per heavy atom. The van der Waals surface area contributed by atoms with Gasteiger partial charge in [-0.2, -0.15) is 0 Å². The van der Waals surface area contributed by atoms with Gasteiger partial charge in [-0.15, -0.1) is 0 Å². The van der Waals surface area contributed by atoms with Gasteiger partial charge in [-0.05, 0) is 54.8 Å². The molecule has 110 valence electrons. The molecule has 0 aliphatic carbocycles. The van der Waals surface area contributed by atoms with Crippen LogP contribution < -0.4 is 9.47 Å². The summed E-state index contributed by atoms with van der Waals surface area (Å²) in [7, 11) is 0. The third-order valence-corrected chi connectivity index (χ3v) is 3.60. The van der Waals surface area contributed by atoms with Crippen molar-refractivity contribution in [3.05, 3.63) is 59.2 Å². The van der Waals surface area contributed by atoms with Crippen LogP contribution in [0.5, 0.6) is 11.5 Å². The zero-order valence-electron chi connectivity index (χ0n) is 12.4. The number of ether oxygens (including phenoxy) is 2. The Bertz CT molecular complexity index is 617. The van der Waals surface area contributed by atoms with Crippen LogP contribution >= 0.6 is 0 Å². The van der Waals surface area contributed by atoms with Gasteiger partial charge >= 0.3 is 0 Å². The summed E-state index contributed by atoms with van der Waals surface area (Å²) >= 11 is 0. The van der Waals surface area contributed by atoms with Gasteiger partial charge in [-0.25, -0.2) is 0 Å². The average molecular weight is 284 g/mol. The van der Waals surface area contributed by atoms with Crippen LogP contribution in [0.25, 0.3) is 0 Å². The Kier molecular flexibility index (Phi) is 3.84. The minimum atomic E-state index is -0.621. The molecule has 0 bridgehead atoms. The fourth-order valence-electron chi connectivity index (χ4n) is 2.57. The highest BCUT2D eigenvalue weighted by Gasteiger charge is 2.16. The van der Waals surface area contributed by atoms with E-state index in [0.717, 1.165) is 35.7 Å². The van der Waals surface area contributed by atoms with Gasteiger partial charge in [0.1, 0.15) is 17.6 Å². The van der Waals surface area contributed by atoms with Crippen LogP contribution in [0.3, 0.4) is 0 Å². The minimum Gasteiger partial charge on any atom is -0.493 e. The summed E-state index contributed by atoms with van der Waals surface area (Å²) in [5.74, 6) is 1.76. The van der Waals surface area contributed by atoms with Crippen LogP contribution in [-0.2, 0) is 6.42 Å². The maximum Gasteiger partial charge on any atom is 0.122 e. The fourth-order valence-corrected chi connectivity index (χ4v) is 2.57. The van der Waals surface area contributed by atoms with Crippen LogP contribution in [0.2, 0.25) is 0 Å². The van der Waals surface area contributed by atoms with Gasteiger partial charge in [-0.1, -0.05) is 18.2 Å². The molecule has 2 aromatic rings. The van der Waals surface area contributed by atoms with Crippen LogP contribution in [0.15, 0.2) is 42.5 Å². The Morgan fingerprint density at radius 1 is 1.05 bits per heavy atom. The van der Waals surface area contributed by atoms with Gasteiger partial charge < -0.3 is 14.6 Å².